The smallest absolute Gasteiger partial charge is 0.329 e. The van der Waals surface area contributed by atoms with Crippen LogP contribution in [0, 0.1) is 33.3 Å². The molecule has 0 bridgehead atoms. The Balaban J connectivity index is 1.97. The van der Waals surface area contributed by atoms with Gasteiger partial charge in [0, 0.05) is 32.4 Å². The van der Waals surface area contributed by atoms with Gasteiger partial charge in [0.15, 0.2) is 0 Å². The summed E-state index contributed by atoms with van der Waals surface area (Å²) in [6.45, 7) is 3.43. The van der Waals surface area contributed by atoms with Crippen molar-refractivity contribution in [2.75, 3.05) is 31.1 Å². The van der Waals surface area contributed by atoms with Crippen LogP contribution in [0.15, 0.2) is 12.3 Å². The molecule has 1 aromatic heterocycles. The number of pyridine rings is 1. The molecular weight excluding hydrogens is 246 g/mol. The number of nitro groups is 1. The maximum atomic E-state index is 11.2. The topological polar surface area (TPSA) is 95.1 Å². The Bertz CT molecular complexity index is 556. The van der Waals surface area contributed by atoms with Gasteiger partial charge in [0.25, 0.3) is 0 Å². The van der Waals surface area contributed by atoms with Crippen molar-refractivity contribution in [2.24, 2.45) is 11.8 Å². The molecule has 2 fully saturated rings. The monoisotopic (exact) mass is 259 g/mol. The molecule has 0 spiro atoms. The molecule has 1 N–H and O–H groups in total. The van der Waals surface area contributed by atoms with Gasteiger partial charge in [0.2, 0.25) is 5.82 Å². The van der Waals surface area contributed by atoms with E-state index in [-0.39, 0.29) is 11.3 Å². The lowest BCUT2D eigenvalue weighted by Gasteiger charge is -2.18. The van der Waals surface area contributed by atoms with Crippen molar-refractivity contribution in [2.45, 2.75) is 0 Å². The molecular formula is C12H13N5O2. The van der Waals surface area contributed by atoms with E-state index >= 15 is 0 Å². The van der Waals surface area contributed by atoms with Crippen LogP contribution in [0.4, 0.5) is 11.5 Å². The van der Waals surface area contributed by atoms with Gasteiger partial charge < -0.3 is 10.2 Å². The lowest BCUT2D eigenvalue weighted by Crippen LogP contribution is -2.27. The first-order valence-electron chi connectivity index (χ1n) is 6.20. The number of hydrogen-bond donors (Lipinski definition) is 1. The fourth-order valence-electron chi connectivity index (χ4n) is 2.97. The molecule has 7 nitrogen and oxygen atoms in total. The molecule has 0 unspecified atom stereocenters. The van der Waals surface area contributed by atoms with Crippen molar-refractivity contribution < 1.29 is 4.92 Å². The highest BCUT2D eigenvalue weighted by Crippen LogP contribution is 2.35. The molecule has 2 atom stereocenters. The first-order chi connectivity index (χ1) is 9.20. The van der Waals surface area contributed by atoms with E-state index in [2.05, 4.69) is 10.3 Å². The van der Waals surface area contributed by atoms with Gasteiger partial charge in [0.1, 0.15) is 11.6 Å². The van der Waals surface area contributed by atoms with Crippen LogP contribution in [-0.4, -0.2) is 36.1 Å². The molecule has 2 aliphatic rings. The number of nitrogens with zero attached hydrogens (tertiary/aromatic N) is 4. The highest BCUT2D eigenvalue weighted by molar-refractivity contribution is 5.65. The van der Waals surface area contributed by atoms with E-state index in [0.29, 0.717) is 17.7 Å². The van der Waals surface area contributed by atoms with Gasteiger partial charge in [-0.3, -0.25) is 10.1 Å². The van der Waals surface area contributed by atoms with E-state index in [0.717, 1.165) is 26.2 Å². The van der Waals surface area contributed by atoms with Gasteiger partial charge in [-0.2, -0.15) is 5.26 Å². The van der Waals surface area contributed by atoms with Crippen LogP contribution in [0.2, 0.25) is 0 Å². The second kappa shape index (κ2) is 4.48. The van der Waals surface area contributed by atoms with E-state index in [1.165, 1.54) is 12.3 Å². The summed E-state index contributed by atoms with van der Waals surface area (Å²) in [5.74, 6) is 1.37. The Morgan fingerprint density at radius 1 is 1.47 bits per heavy atom. The predicted octanol–water partition coefficient (Wildman–Crippen LogP) is 0.517. The van der Waals surface area contributed by atoms with Crippen molar-refractivity contribution in [3.05, 3.63) is 27.9 Å². The van der Waals surface area contributed by atoms with Gasteiger partial charge in [0.05, 0.1) is 4.92 Å². The minimum absolute atomic E-state index is 0.0742. The minimum atomic E-state index is -0.507. The van der Waals surface area contributed by atoms with Gasteiger partial charge in [-0.25, -0.2) is 4.98 Å². The predicted molar refractivity (Wildman–Crippen MR) is 67.7 cm³/mol. The molecule has 0 aromatic carbocycles. The normalized spacial score (nSPS) is 25.1. The average Bonchev–Trinajstić information content (AvgIpc) is 2.98. The van der Waals surface area contributed by atoms with Gasteiger partial charge in [-0.15, -0.1) is 0 Å². The zero-order valence-electron chi connectivity index (χ0n) is 10.2. The Labute approximate surface area is 110 Å². The molecule has 0 aliphatic carbocycles. The van der Waals surface area contributed by atoms with Gasteiger partial charge in [-0.1, -0.05) is 0 Å². The largest absolute Gasteiger partial charge is 0.350 e. The Morgan fingerprint density at radius 2 is 2.16 bits per heavy atom. The summed E-state index contributed by atoms with van der Waals surface area (Å²) in [4.78, 5) is 16.7. The lowest BCUT2D eigenvalue weighted by molar-refractivity contribution is -0.384. The number of fused-ring (bicyclic) bond motifs is 1. The van der Waals surface area contributed by atoms with Crippen LogP contribution < -0.4 is 10.2 Å². The number of nitrogens with one attached hydrogen (secondary N) is 1. The zero-order chi connectivity index (χ0) is 13.4. The number of nitriles is 1. The van der Waals surface area contributed by atoms with Crippen LogP contribution in [-0.2, 0) is 0 Å². The quantitative estimate of drug-likeness (QED) is 0.614. The third-order valence-corrected chi connectivity index (χ3v) is 3.90. The molecule has 0 amide bonds. The molecule has 19 heavy (non-hydrogen) atoms. The fraction of sp³-hybridized carbons (Fsp3) is 0.500. The summed E-state index contributed by atoms with van der Waals surface area (Å²) in [5, 5.41) is 23.5. The molecule has 2 aliphatic heterocycles. The summed E-state index contributed by atoms with van der Waals surface area (Å²) in [6.07, 6.45) is 1.47. The van der Waals surface area contributed by atoms with Crippen molar-refractivity contribution in [1.82, 2.24) is 10.3 Å². The van der Waals surface area contributed by atoms with E-state index < -0.39 is 4.92 Å². The number of anilines is 1. The first kappa shape index (κ1) is 11.9. The molecule has 7 heteroatoms. The second-order valence-electron chi connectivity index (χ2n) is 4.98. The standard InChI is InChI=1S/C12H13N5O2/c13-3-8-1-2-15-12(11(8)17(18)19)16-6-9-4-14-5-10(9)7-16/h1-2,9-10,14H,4-7H2/t9-,10+. The Hall–Kier alpha value is -2.20. The summed E-state index contributed by atoms with van der Waals surface area (Å²) >= 11 is 0. The van der Waals surface area contributed by atoms with E-state index in [1.807, 2.05) is 11.0 Å². The number of rotatable bonds is 2. The van der Waals surface area contributed by atoms with Crippen LogP contribution in [0.3, 0.4) is 0 Å². The Morgan fingerprint density at radius 3 is 2.74 bits per heavy atom. The third kappa shape index (κ3) is 1.90. The summed E-state index contributed by atoms with van der Waals surface area (Å²) < 4.78 is 0. The van der Waals surface area contributed by atoms with E-state index in [1.54, 1.807) is 0 Å². The van der Waals surface area contributed by atoms with Crippen molar-refractivity contribution in [3.8, 4) is 6.07 Å². The molecule has 98 valence electrons. The van der Waals surface area contributed by atoms with Crippen LogP contribution in [0.25, 0.3) is 0 Å². The summed E-state index contributed by atoms with van der Waals surface area (Å²) in [6, 6.07) is 3.26. The highest BCUT2D eigenvalue weighted by atomic mass is 16.6. The molecule has 3 rings (SSSR count). The van der Waals surface area contributed by atoms with E-state index in [9.17, 15) is 10.1 Å². The van der Waals surface area contributed by atoms with Gasteiger partial charge >= 0.3 is 5.69 Å². The molecule has 0 saturated carbocycles. The average molecular weight is 259 g/mol. The highest BCUT2D eigenvalue weighted by Gasteiger charge is 2.39. The Kier molecular flexibility index (Phi) is 2.80. The lowest BCUT2D eigenvalue weighted by atomic mass is 10.0. The maximum absolute atomic E-state index is 11.2. The number of hydrogen-bond acceptors (Lipinski definition) is 6. The summed E-state index contributed by atoms with van der Waals surface area (Å²) in [7, 11) is 0. The van der Waals surface area contributed by atoms with Crippen LogP contribution >= 0.6 is 0 Å². The SMILES string of the molecule is N#Cc1ccnc(N2C[C@H]3CNC[C@H]3C2)c1[N+](=O)[O-]. The second-order valence-corrected chi connectivity index (χ2v) is 4.98. The maximum Gasteiger partial charge on any atom is 0.329 e. The minimum Gasteiger partial charge on any atom is -0.350 e. The fourth-order valence-corrected chi connectivity index (χ4v) is 2.97. The molecule has 0 radical (unpaired) electrons. The van der Waals surface area contributed by atoms with Crippen LogP contribution in [0.1, 0.15) is 5.56 Å². The zero-order valence-corrected chi connectivity index (χ0v) is 10.2. The van der Waals surface area contributed by atoms with E-state index in [4.69, 9.17) is 5.26 Å². The molecule has 2 saturated heterocycles. The molecule has 1 aromatic rings. The molecule has 3 heterocycles. The summed E-state index contributed by atoms with van der Waals surface area (Å²) in [5.41, 5.74) is -0.0943. The van der Waals surface area contributed by atoms with Crippen molar-refractivity contribution in [3.63, 3.8) is 0 Å². The third-order valence-electron chi connectivity index (χ3n) is 3.90. The number of aromatic nitrogens is 1. The van der Waals surface area contributed by atoms with Crippen LogP contribution in [0.5, 0.6) is 0 Å². The van der Waals surface area contributed by atoms with Gasteiger partial charge in [-0.05, 0) is 17.9 Å². The first-order valence-corrected chi connectivity index (χ1v) is 6.20. The van der Waals surface area contributed by atoms with Crippen molar-refractivity contribution in [1.29, 1.82) is 5.26 Å². The van der Waals surface area contributed by atoms with Crippen molar-refractivity contribution >= 4 is 11.5 Å².